The third-order valence-corrected chi connectivity index (χ3v) is 5.27. The Bertz CT molecular complexity index is 556. The lowest BCUT2D eigenvalue weighted by Gasteiger charge is -2.10. The number of nitrogens with one attached hydrogen (secondary N) is 1. The first-order chi connectivity index (χ1) is 8.42. The Balaban J connectivity index is 2.15. The van der Waals surface area contributed by atoms with Crippen LogP contribution in [0.4, 0.5) is 5.69 Å². The zero-order valence-electron chi connectivity index (χ0n) is 9.62. The molecule has 1 saturated carbocycles. The summed E-state index contributed by atoms with van der Waals surface area (Å²) in [5.74, 6) is 0.665. The molecule has 0 saturated heterocycles. The van der Waals surface area contributed by atoms with E-state index < -0.39 is 10.0 Å². The van der Waals surface area contributed by atoms with Crippen LogP contribution in [0.15, 0.2) is 17.0 Å². The Hall–Kier alpha value is -0.490. The monoisotopic (exact) mass is 308 g/mol. The summed E-state index contributed by atoms with van der Waals surface area (Å²) in [4.78, 5) is -0.0261. The largest absolute Gasteiger partial charge is 0.396 e. The van der Waals surface area contributed by atoms with Crippen LogP contribution in [0.3, 0.4) is 0 Å². The van der Waals surface area contributed by atoms with Crippen LogP contribution in [0.5, 0.6) is 0 Å². The van der Waals surface area contributed by atoms with Crippen molar-refractivity contribution in [1.29, 1.82) is 0 Å². The molecule has 0 bridgehead atoms. The van der Waals surface area contributed by atoms with Gasteiger partial charge in [0, 0.05) is 6.54 Å². The fraction of sp³-hybridized carbons (Fsp3) is 0.455. The molecule has 0 unspecified atom stereocenters. The van der Waals surface area contributed by atoms with Crippen molar-refractivity contribution in [2.24, 2.45) is 5.92 Å². The third kappa shape index (κ3) is 3.09. The smallest absolute Gasteiger partial charge is 0.242 e. The maximum absolute atomic E-state index is 12.0. The quantitative estimate of drug-likeness (QED) is 0.821. The number of nitrogens with two attached hydrogens (primary N) is 1. The minimum atomic E-state index is -3.62. The molecule has 7 heteroatoms. The third-order valence-electron chi connectivity index (χ3n) is 2.92. The highest BCUT2D eigenvalue weighted by Crippen LogP contribution is 2.34. The maximum atomic E-state index is 12.0. The molecule has 1 aromatic carbocycles. The highest BCUT2D eigenvalue weighted by molar-refractivity contribution is 7.89. The van der Waals surface area contributed by atoms with E-state index in [1.54, 1.807) is 0 Å². The van der Waals surface area contributed by atoms with Crippen LogP contribution in [0.1, 0.15) is 19.3 Å². The molecule has 4 nitrogen and oxygen atoms in total. The van der Waals surface area contributed by atoms with E-state index in [-0.39, 0.29) is 20.6 Å². The van der Waals surface area contributed by atoms with Gasteiger partial charge in [0.25, 0.3) is 0 Å². The fourth-order valence-corrected chi connectivity index (χ4v) is 3.45. The summed E-state index contributed by atoms with van der Waals surface area (Å²) in [6.45, 7) is 0.422. The lowest BCUT2D eigenvalue weighted by molar-refractivity contribution is 0.575. The molecule has 1 aliphatic rings. The molecule has 18 heavy (non-hydrogen) atoms. The predicted molar refractivity (Wildman–Crippen MR) is 73.4 cm³/mol. The van der Waals surface area contributed by atoms with E-state index in [2.05, 4.69) is 4.72 Å². The summed E-state index contributed by atoms with van der Waals surface area (Å²) in [6, 6.07) is 2.79. The molecule has 1 aliphatic carbocycles. The predicted octanol–water partition coefficient (Wildman–Crippen LogP) is 2.65. The van der Waals surface area contributed by atoms with Crippen molar-refractivity contribution in [2.45, 2.75) is 24.2 Å². The van der Waals surface area contributed by atoms with Crippen LogP contribution in [-0.4, -0.2) is 15.0 Å². The lowest BCUT2D eigenvalue weighted by atomic mass is 10.3. The number of hydrogen-bond acceptors (Lipinski definition) is 3. The van der Waals surface area contributed by atoms with Crippen LogP contribution in [0.2, 0.25) is 10.0 Å². The summed E-state index contributed by atoms with van der Waals surface area (Å²) in [6.07, 6.45) is 3.24. The minimum Gasteiger partial charge on any atom is -0.396 e. The van der Waals surface area contributed by atoms with Gasteiger partial charge in [-0.3, -0.25) is 0 Å². The molecular formula is C11H14Cl2N2O2S. The Morgan fingerprint density at radius 1 is 1.33 bits per heavy atom. The highest BCUT2D eigenvalue weighted by Gasteiger charge is 2.24. The molecule has 0 amide bonds. The number of nitrogen functional groups attached to an aromatic ring is 1. The molecule has 0 radical (unpaired) electrons. The van der Waals surface area contributed by atoms with E-state index in [0.29, 0.717) is 12.5 Å². The standard InChI is InChI=1S/C11H14Cl2N2O2S/c12-8-3-4-9(10(13)11(8)14)18(16,17)15-6-5-7-1-2-7/h3-4,7,15H,1-2,5-6,14H2. The molecular weight excluding hydrogens is 295 g/mol. The van der Waals surface area contributed by atoms with Crippen molar-refractivity contribution >= 4 is 38.9 Å². The molecule has 0 heterocycles. The van der Waals surface area contributed by atoms with Crippen molar-refractivity contribution in [3.05, 3.63) is 22.2 Å². The topological polar surface area (TPSA) is 72.2 Å². The number of anilines is 1. The van der Waals surface area contributed by atoms with E-state index in [1.165, 1.54) is 25.0 Å². The summed E-state index contributed by atoms with van der Waals surface area (Å²) >= 11 is 11.7. The molecule has 1 fully saturated rings. The zero-order valence-corrected chi connectivity index (χ0v) is 11.9. The van der Waals surface area contributed by atoms with Gasteiger partial charge in [0.1, 0.15) is 4.90 Å². The Morgan fingerprint density at radius 2 is 2.00 bits per heavy atom. The average Bonchev–Trinajstić information content (AvgIpc) is 3.09. The van der Waals surface area contributed by atoms with Crippen LogP contribution >= 0.6 is 23.2 Å². The van der Waals surface area contributed by atoms with Gasteiger partial charge >= 0.3 is 0 Å². The van der Waals surface area contributed by atoms with Crippen molar-refractivity contribution in [3.8, 4) is 0 Å². The van der Waals surface area contributed by atoms with Gasteiger partial charge in [0.15, 0.2) is 0 Å². The molecule has 0 atom stereocenters. The Labute approximate surface area is 117 Å². The maximum Gasteiger partial charge on any atom is 0.242 e. The molecule has 0 spiro atoms. The molecule has 100 valence electrons. The first-order valence-corrected chi connectivity index (χ1v) is 7.89. The van der Waals surface area contributed by atoms with Gasteiger partial charge in [-0.1, -0.05) is 36.0 Å². The first kappa shape index (κ1) is 13.9. The second kappa shape index (κ2) is 5.25. The second-order valence-corrected chi connectivity index (χ2v) is 6.92. The van der Waals surface area contributed by atoms with Crippen molar-refractivity contribution in [1.82, 2.24) is 4.72 Å². The first-order valence-electron chi connectivity index (χ1n) is 5.65. The van der Waals surface area contributed by atoms with Gasteiger partial charge in [-0.25, -0.2) is 13.1 Å². The molecule has 3 N–H and O–H groups in total. The van der Waals surface area contributed by atoms with Gasteiger partial charge < -0.3 is 5.73 Å². The van der Waals surface area contributed by atoms with Gasteiger partial charge in [0.2, 0.25) is 10.0 Å². The van der Waals surface area contributed by atoms with Crippen LogP contribution in [0, 0.1) is 5.92 Å². The normalized spacial score (nSPS) is 15.9. The van der Waals surface area contributed by atoms with Crippen molar-refractivity contribution < 1.29 is 8.42 Å². The molecule has 1 aromatic rings. The number of sulfonamides is 1. The molecule has 2 rings (SSSR count). The highest BCUT2D eigenvalue weighted by atomic mass is 35.5. The summed E-state index contributed by atoms with van der Waals surface area (Å²) in [7, 11) is -3.62. The summed E-state index contributed by atoms with van der Waals surface area (Å²) in [5.41, 5.74) is 5.70. The van der Waals surface area contributed by atoms with Crippen LogP contribution in [0.25, 0.3) is 0 Å². The SMILES string of the molecule is Nc1c(Cl)ccc(S(=O)(=O)NCCC2CC2)c1Cl. The van der Waals surface area contributed by atoms with Crippen LogP contribution < -0.4 is 10.5 Å². The van der Waals surface area contributed by atoms with Gasteiger partial charge in [0.05, 0.1) is 15.7 Å². The van der Waals surface area contributed by atoms with E-state index in [4.69, 9.17) is 28.9 Å². The second-order valence-electron chi connectivity index (χ2n) is 4.40. The van der Waals surface area contributed by atoms with Crippen molar-refractivity contribution in [3.63, 3.8) is 0 Å². The van der Waals surface area contributed by atoms with E-state index in [1.807, 2.05) is 0 Å². The number of hydrogen-bond donors (Lipinski definition) is 2. The number of benzene rings is 1. The molecule has 0 aromatic heterocycles. The van der Waals surface area contributed by atoms with Gasteiger partial charge in [-0.05, 0) is 24.5 Å². The van der Waals surface area contributed by atoms with E-state index in [9.17, 15) is 8.42 Å². The Kier molecular flexibility index (Phi) is 4.06. The van der Waals surface area contributed by atoms with Crippen molar-refractivity contribution in [2.75, 3.05) is 12.3 Å². The van der Waals surface area contributed by atoms with Gasteiger partial charge in [-0.2, -0.15) is 0 Å². The van der Waals surface area contributed by atoms with Crippen LogP contribution in [-0.2, 0) is 10.0 Å². The number of rotatable bonds is 5. The fourth-order valence-electron chi connectivity index (χ4n) is 1.64. The lowest BCUT2D eigenvalue weighted by Crippen LogP contribution is -2.25. The summed E-state index contributed by atoms with van der Waals surface area (Å²) in [5, 5.41) is 0.221. The summed E-state index contributed by atoms with van der Waals surface area (Å²) < 4.78 is 26.6. The molecule has 0 aliphatic heterocycles. The van der Waals surface area contributed by atoms with Gasteiger partial charge in [-0.15, -0.1) is 0 Å². The number of halogens is 2. The van der Waals surface area contributed by atoms with E-state index in [0.717, 1.165) is 6.42 Å². The zero-order chi connectivity index (χ0) is 13.3. The average molecular weight is 309 g/mol. The minimum absolute atomic E-state index is 0.0261. The Morgan fingerprint density at radius 3 is 2.61 bits per heavy atom. The van der Waals surface area contributed by atoms with E-state index >= 15 is 0 Å².